The van der Waals surface area contributed by atoms with Crippen LogP contribution in [0, 0.1) is 10.1 Å². The summed E-state index contributed by atoms with van der Waals surface area (Å²) in [7, 11) is 0. The van der Waals surface area contributed by atoms with Crippen LogP contribution in [0.5, 0.6) is 0 Å². The molecule has 1 aromatic carbocycles. The van der Waals surface area contributed by atoms with E-state index in [-0.39, 0.29) is 5.69 Å². The van der Waals surface area contributed by atoms with Crippen LogP contribution in [0.4, 0.5) is 5.69 Å². The van der Waals surface area contributed by atoms with E-state index in [4.69, 9.17) is 11.6 Å². The van der Waals surface area contributed by atoms with Crippen LogP contribution in [0.25, 0.3) is 0 Å². The van der Waals surface area contributed by atoms with E-state index in [1.165, 1.54) is 12.1 Å². The van der Waals surface area contributed by atoms with Gasteiger partial charge in [0.05, 0.1) is 11.5 Å². The topological polar surface area (TPSA) is 55.5 Å². The molecule has 0 saturated heterocycles. The summed E-state index contributed by atoms with van der Waals surface area (Å²) in [6, 6.07) is 6.29. The van der Waals surface area contributed by atoms with Crippen LogP contribution >= 0.6 is 11.6 Å². The normalized spacial score (nSPS) is 10.6. The van der Waals surface area contributed by atoms with Gasteiger partial charge in [0.2, 0.25) is 0 Å². The number of benzene rings is 1. The Kier molecular flexibility index (Phi) is 4.07. The third-order valence-corrected chi connectivity index (χ3v) is 1.70. The summed E-state index contributed by atoms with van der Waals surface area (Å²) in [5, 5.41) is 10.4. The molecule has 5 heteroatoms. The molecule has 0 heterocycles. The van der Waals surface area contributed by atoms with Gasteiger partial charge >= 0.3 is 0 Å². The van der Waals surface area contributed by atoms with Gasteiger partial charge in [0.1, 0.15) is 0 Å². The molecular weight excluding hydrogens is 204 g/mol. The minimum absolute atomic E-state index is 0.0693. The zero-order valence-electron chi connectivity index (χ0n) is 7.39. The molecule has 0 saturated carbocycles. The second-order valence-corrected chi connectivity index (χ2v) is 2.95. The number of hydrogen-bond acceptors (Lipinski definition) is 3. The SMILES string of the molecule is O=[N+]([O-])c1cccc(C=NCCCl)c1. The molecule has 4 nitrogen and oxygen atoms in total. The van der Waals surface area contributed by atoms with Gasteiger partial charge in [0.15, 0.2) is 0 Å². The molecule has 0 atom stereocenters. The lowest BCUT2D eigenvalue weighted by Crippen LogP contribution is -1.90. The Morgan fingerprint density at radius 3 is 3.00 bits per heavy atom. The van der Waals surface area contributed by atoms with Gasteiger partial charge in [-0.3, -0.25) is 15.1 Å². The van der Waals surface area contributed by atoms with E-state index in [0.717, 1.165) is 0 Å². The summed E-state index contributed by atoms with van der Waals surface area (Å²) < 4.78 is 0. The summed E-state index contributed by atoms with van der Waals surface area (Å²) in [6.07, 6.45) is 1.58. The van der Waals surface area contributed by atoms with E-state index in [0.29, 0.717) is 18.0 Å². The molecule has 0 N–H and O–H groups in total. The van der Waals surface area contributed by atoms with E-state index in [2.05, 4.69) is 4.99 Å². The van der Waals surface area contributed by atoms with Crippen molar-refractivity contribution in [1.82, 2.24) is 0 Å². The zero-order valence-corrected chi connectivity index (χ0v) is 8.15. The second kappa shape index (κ2) is 5.34. The van der Waals surface area contributed by atoms with Crippen molar-refractivity contribution in [3.63, 3.8) is 0 Å². The van der Waals surface area contributed by atoms with Crippen molar-refractivity contribution < 1.29 is 4.92 Å². The van der Waals surface area contributed by atoms with E-state index < -0.39 is 4.92 Å². The molecule has 0 aliphatic carbocycles. The van der Waals surface area contributed by atoms with Crippen molar-refractivity contribution in [3.05, 3.63) is 39.9 Å². The van der Waals surface area contributed by atoms with Crippen LogP contribution in [0.2, 0.25) is 0 Å². The zero-order chi connectivity index (χ0) is 10.4. The molecule has 0 fully saturated rings. The van der Waals surface area contributed by atoms with Gasteiger partial charge in [-0.1, -0.05) is 12.1 Å². The molecule has 0 radical (unpaired) electrons. The number of alkyl halides is 1. The van der Waals surface area contributed by atoms with Crippen molar-refractivity contribution in [2.24, 2.45) is 4.99 Å². The van der Waals surface area contributed by atoms with Crippen molar-refractivity contribution in [1.29, 1.82) is 0 Å². The smallest absolute Gasteiger partial charge is 0.270 e. The maximum absolute atomic E-state index is 10.4. The van der Waals surface area contributed by atoms with Crippen LogP contribution in [-0.4, -0.2) is 23.6 Å². The first-order chi connectivity index (χ1) is 6.74. The predicted molar refractivity (Wildman–Crippen MR) is 56.3 cm³/mol. The van der Waals surface area contributed by atoms with Crippen LogP contribution in [-0.2, 0) is 0 Å². The number of nitro benzene ring substituents is 1. The fourth-order valence-electron chi connectivity index (χ4n) is 0.937. The molecule has 0 unspecified atom stereocenters. The lowest BCUT2D eigenvalue weighted by Gasteiger charge is -1.93. The van der Waals surface area contributed by atoms with Gasteiger partial charge in [-0.15, -0.1) is 11.6 Å². The standard InChI is InChI=1S/C9H9ClN2O2/c10-4-5-11-7-8-2-1-3-9(6-8)12(13)14/h1-3,6-7H,4-5H2. The maximum atomic E-state index is 10.4. The fraction of sp³-hybridized carbons (Fsp3) is 0.222. The van der Waals surface area contributed by atoms with Crippen molar-refractivity contribution in [3.8, 4) is 0 Å². The van der Waals surface area contributed by atoms with Gasteiger partial charge in [-0.25, -0.2) is 0 Å². The van der Waals surface area contributed by atoms with Gasteiger partial charge < -0.3 is 0 Å². The Bertz CT molecular complexity index is 352. The highest BCUT2D eigenvalue weighted by atomic mass is 35.5. The molecule has 0 bridgehead atoms. The van der Waals surface area contributed by atoms with Crippen LogP contribution in [0.3, 0.4) is 0 Å². The molecule has 74 valence electrons. The van der Waals surface area contributed by atoms with Gasteiger partial charge in [-0.2, -0.15) is 0 Å². The summed E-state index contributed by atoms with van der Waals surface area (Å²) in [4.78, 5) is 14.0. The highest BCUT2D eigenvalue weighted by Crippen LogP contribution is 2.11. The molecule has 14 heavy (non-hydrogen) atoms. The first-order valence-electron chi connectivity index (χ1n) is 4.04. The van der Waals surface area contributed by atoms with E-state index in [9.17, 15) is 10.1 Å². The van der Waals surface area contributed by atoms with Crippen molar-refractivity contribution >= 4 is 23.5 Å². The van der Waals surface area contributed by atoms with Crippen LogP contribution in [0.1, 0.15) is 5.56 Å². The summed E-state index contributed by atoms with van der Waals surface area (Å²) >= 11 is 5.43. The minimum atomic E-state index is -0.432. The predicted octanol–water partition coefficient (Wildman–Crippen LogP) is 2.25. The first kappa shape index (κ1) is 10.7. The Labute approximate surface area is 86.4 Å². The van der Waals surface area contributed by atoms with Crippen molar-refractivity contribution in [2.45, 2.75) is 0 Å². The number of nitro groups is 1. The Balaban J connectivity index is 2.78. The number of halogens is 1. The Morgan fingerprint density at radius 2 is 2.36 bits per heavy atom. The lowest BCUT2D eigenvalue weighted by molar-refractivity contribution is -0.384. The average Bonchev–Trinajstić information content (AvgIpc) is 2.19. The highest BCUT2D eigenvalue weighted by Gasteiger charge is 2.03. The van der Waals surface area contributed by atoms with Crippen LogP contribution in [0.15, 0.2) is 29.3 Å². The Hall–Kier alpha value is -1.42. The number of non-ortho nitro benzene ring substituents is 1. The molecule has 0 aromatic heterocycles. The second-order valence-electron chi connectivity index (χ2n) is 2.58. The summed E-state index contributed by atoms with van der Waals surface area (Å²) in [5.74, 6) is 0.450. The first-order valence-corrected chi connectivity index (χ1v) is 4.58. The van der Waals surface area contributed by atoms with Gasteiger partial charge in [-0.05, 0) is 5.56 Å². The lowest BCUT2D eigenvalue weighted by atomic mass is 10.2. The quantitative estimate of drug-likeness (QED) is 0.333. The summed E-state index contributed by atoms with van der Waals surface area (Å²) in [5.41, 5.74) is 0.782. The van der Waals surface area contributed by atoms with E-state index in [1.807, 2.05) is 0 Å². The molecular formula is C9H9ClN2O2. The molecule has 0 spiro atoms. The third kappa shape index (κ3) is 3.14. The minimum Gasteiger partial charge on any atom is -0.291 e. The van der Waals surface area contributed by atoms with E-state index in [1.54, 1.807) is 18.3 Å². The summed E-state index contributed by atoms with van der Waals surface area (Å²) in [6.45, 7) is 0.518. The Morgan fingerprint density at radius 1 is 1.57 bits per heavy atom. The van der Waals surface area contributed by atoms with Crippen LogP contribution < -0.4 is 0 Å². The fourth-order valence-corrected chi connectivity index (χ4v) is 1.04. The van der Waals surface area contributed by atoms with Gasteiger partial charge in [0, 0.05) is 24.2 Å². The largest absolute Gasteiger partial charge is 0.291 e. The molecule has 0 amide bonds. The van der Waals surface area contributed by atoms with Gasteiger partial charge in [0.25, 0.3) is 5.69 Å². The number of hydrogen-bond donors (Lipinski definition) is 0. The highest BCUT2D eigenvalue weighted by molar-refractivity contribution is 6.18. The molecule has 1 rings (SSSR count). The maximum Gasteiger partial charge on any atom is 0.270 e. The third-order valence-electron chi connectivity index (χ3n) is 1.54. The van der Waals surface area contributed by atoms with E-state index >= 15 is 0 Å². The van der Waals surface area contributed by atoms with Crippen molar-refractivity contribution in [2.75, 3.05) is 12.4 Å². The monoisotopic (exact) mass is 212 g/mol. The number of aliphatic imine (C=N–C) groups is 1. The molecule has 1 aromatic rings. The molecule has 0 aliphatic rings. The average molecular weight is 213 g/mol. The molecule has 0 aliphatic heterocycles. The number of rotatable bonds is 4. The number of nitrogens with zero attached hydrogens (tertiary/aromatic N) is 2.